The van der Waals surface area contributed by atoms with Crippen LogP contribution in [0.5, 0.6) is 0 Å². The Morgan fingerprint density at radius 3 is 2.15 bits per heavy atom. The van der Waals surface area contributed by atoms with Gasteiger partial charge < -0.3 is 20.0 Å². The molecule has 1 fully saturated rings. The van der Waals surface area contributed by atoms with E-state index in [4.69, 9.17) is 35.4 Å². The first-order valence-electron chi connectivity index (χ1n) is 8.33. The lowest BCUT2D eigenvalue weighted by molar-refractivity contribution is 0.391. The Balaban J connectivity index is 1.58. The fourth-order valence-electron chi connectivity index (χ4n) is 2.89. The van der Waals surface area contributed by atoms with Gasteiger partial charge in [0.15, 0.2) is 5.11 Å². The highest BCUT2D eigenvalue weighted by Crippen LogP contribution is 2.33. The van der Waals surface area contributed by atoms with Crippen molar-refractivity contribution in [1.29, 1.82) is 0 Å². The number of nitrogens with one attached hydrogen (secondary N) is 1. The normalized spacial score (nSPS) is 14.3. The van der Waals surface area contributed by atoms with Crippen molar-refractivity contribution in [2.24, 2.45) is 0 Å². The maximum Gasteiger partial charge on any atom is 0.173 e. The van der Waals surface area contributed by atoms with Crippen molar-refractivity contribution in [3.8, 4) is 0 Å². The van der Waals surface area contributed by atoms with E-state index in [-0.39, 0.29) is 0 Å². The zero-order valence-corrected chi connectivity index (χ0v) is 17.1. The van der Waals surface area contributed by atoms with Gasteiger partial charge in [-0.2, -0.15) is 0 Å². The van der Waals surface area contributed by atoms with Crippen molar-refractivity contribution >= 4 is 57.6 Å². The van der Waals surface area contributed by atoms with Crippen LogP contribution in [0.2, 0.25) is 10.0 Å². The number of piperazine rings is 1. The third kappa shape index (κ3) is 4.31. The second-order valence-electron chi connectivity index (χ2n) is 6.30. The van der Waals surface area contributed by atoms with E-state index in [1.807, 2.05) is 26.2 Å². The molecule has 0 unspecified atom stereocenters. The van der Waals surface area contributed by atoms with Crippen molar-refractivity contribution in [2.45, 2.75) is 0 Å². The van der Waals surface area contributed by atoms with Crippen LogP contribution in [0.1, 0.15) is 0 Å². The number of benzene rings is 1. The van der Waals surface area contributed by atoms with Gasteiger partial charge in [0.1, 0.15) is 0 Å². The number of aromatic nitrogens is 1. The van der Waals surface area contributed by atoms with Crippen LogP contribution in [-0.4, -0.2) is 55.3 Å². The molecule has 3 rings (SSSR count). The van der Waals surface area contributed by atoms with E-state index in [0.29, 0.717) is 10.0 Å². The summed E-state index contributed by atoms with van der Waals surface area (Å²) in [6.07, 6.45) is 3.25. The first-order chi connectivity index (χ1) is 12.5. The summed E-state index contributed by atoms with van der Waals surface area (Å²) in [5.41, 5.74) is 2.99. The summed E-state index contributed by atoms with van der Waals surface area (Å²) < 4.78 is 0. The Bertz CT molecular complexity index is 753. The number of thiocarbonyl (C=S) groups is 1. The fraction of sp³-hybridized carbons (Fsp3) is 0.333. The molecule has 0 spiro atoms. The molecule has 2 aromatic rings. The highest BCUT2D eigenvalue weighted by molar-refractivity contribution is 7.80. The standard InChI is InChI=1S/C18H21Cl2N5S/c1-23(2)14-5-3-13(4-6-14)22-18(26)25-9-7-24(8-10-25)17-15(19)11-21-12-16(17)20/h3-6,11-12H,7-10H2,1-2H3,(H,22,26). The summed E-state index contributed by atoms with van der Waals surface area (Å²) >= 11 is 18.1. The summed E-state index contributed by atoms with van der Waals surface area (Å²) in [7, 11) is 4.04. The molecule has 1 saturated heterocycles. The van der Waals surface area contributed by atoms with Crippen LogP contribution >= 0.6 is 35.4 Å². The largest absolute Gasteiger partial charge is 0.378 e. The molecular weight excluding hydrogens is 389 g/mol. The lowest BCUT2D eigenvalue weighted by atomic mass is 10.2. The average molecular weight is 410 g/mol. The number of anilines is 3. The molecule has 2 heterocycles. The van der Waals surface area contributed by atoms with Crippen LogP contribution < -0.4 is 15.1 Å². The van der Waals surface area contributed by atoms with Gasteiger partial charge >= 0.3 is 0 Å². The monoisotopic (exact) mass is 409 g/mol. The van der Waals surface area contributed by atoms with Crippen LogP contribution in [0.4, 0.5) is 17.1 Å². The molecule has 0 amide bonds. The van der Waals surface area contributed by atoms with Gasteiger partial charge in [-0.25, -0.2) is 0 Å². The molecule has 8 heteroatoms. The van der Waals surface area contributed by atoms with E-state index >= 15 is 0 Å². The van der Waals surface area contributed by atoms with E-state index in [1.54, 1.807) is 12.4 Å². The average Bonchev–Trinajstić information content (AvgIpc) is 2.62. The molecule has 0 bridgehead atoms. The topological polar surface area (TPSA) is 34.6 Å². The summed E-state index contributed by atoms with van der Waals surface area (Å²) in [5.74, 6) is 0. The Morgan fingerprint density at radius 1 is 1.04 bits per heavy atom. The Kier molecular flexibility index (Phi) is 6.06. The van der Waals surface area contributed by atoms with Crippen molar-refractivity contribution in [3.05, 3.63) is 46.7 Å². The molecule has 5 nitrogen and oxygen atoms in total. The van der Waals surface area contributed by atoms with Crippen LogP contribution in [-0.2, 0) is 0 Å². The smallest absolute Gasteiger partial charge is 0.173 e. The Morgan fingerprint density at radius 2 is 1.62 bits per heavy atom. The van der Waals surface area contributed by atoms with Gasteiger partial charge in [-0.3, -0.25) is 4.98 Å². The summed E-state index contributed by atoms with van der Waals surface area (Å²) in [6.45, 7) is 3.20. The predicted molar refractivity (Wildman–Crippen MR) is 115 cm³/mol. The zero-order chi connectivity index (χ0) is 18.7. The summed E-state index contributed by atoms with van der Waals surface area (Å²) in [6, 6.07) is 8.20. The number of hydrogen-bond donors (Lipinski definition) is 1. The molecule has 1 N–H and O–H groups in total. The van der Waals surface area contributed by atoms with Gasteiger partial charge in [-0.15, -0.1) is 0 Å². The molecule has 1 aromatic carbocycles. The van der Waals surface area contributed by atoms with Crippen molar-refractivity contribution in [1.82, 2.24) is 9.88 Å². The first kappa shape index (κ1) is 19.0. The second-order valence-corrected chi connectivity index (χ2v) is 7.50. The van der Waals surface area contributed by atoms with Crippen molar-refractivity contribution < 1.29 is 0 Å². The number of hydrogen-bond acceptors (Lipinski definition) is 4. The highest BCUT2D eigenvalue weighted by atomic mass is 35.5. The molecule has 1 aliphatic heterocycles. The molecule has 1 aromatic heterocycles. The Hall–Kier alpha value is -1.76. The van der Waals surface area contributed by atoms with Crippen LogP contribution in [0.25, 0.3) is 0 Å². The molecule has 1 aliphatic rings. The number of nitrogens with zero attached hydrogens (tertiary/aromatic N) is 4. The summed E-state index contributed by atoms with van der Waals surface area (Å²) in [4.78, 5) is 10.4. The number of halogens is 2. The van der Waals surface area contributed by atoms with Gasteiger partial charge in [-0.05, 0) is 36.5 Å². The van der Waals surface area contributed by atoms with Crippen molar-refractivity contribution in [3.63, 3.8) is 0 Å². The van der Waals surface area contributed by atoms with Crippen molar-refractivity contribution in [2.75, 3.05) is 55.4 Å². The van der Waals surface area contributed by atoms with E-state index in [0.717, 1.165) is 48.4 Å². The van der Waals surface area contributed by atoms with E-state index in [2.05, 4.69) is 37.1 Å². The van der Waals surface area contributed by atoms with Crippen LogP contribution in [0.15, 0.2) is 36.7 Å². The zero-order valence-electron chi connectivity index (χ0n) is 14.7. The van der Waals surface area contributed by atoms with Gasteiger partial charge in [0.05, 0.1) is 15.7 Å². The molecule has 26 heavy (non-hydrogen) atoms. The first-order valence-corrected chi connectivity index (χ1v) is 9.49. The second kappa shape index (κ2) is 8.29. The minimum absolute atomic E-state index is 0.577. The van der Waals surface area contributed by atoms with Gasteiger partial charge in [-0.1, -0.05) is 23.2 Å². The van der Waals surface area contributed by atoms with Gasteiger partial charge in [0.25, 0.3) is 0 Å². The third-order valence-electron chi connectivity index (χ3n) is 4.35. The van der Waals surface area contributed by atoms with E-state index < -0.39 is 0 Å². The quantitative estimate of drug-likeness (QED) is 0.772. The predicted octanol–water partition coefficient (Wildman–Crippen LogP) is 3.97. The Labute approximate surface area is 169 Å². The van der Waals surface area contributed by atoms with E-state index in [9.17, 15) is 0 Å². The van der Waals surface area contributed by atoms with Gasteiger partial charge in [0.2, 0.25) is 0 Å². The van der Waals surface area contributed by atoms with Gasteiger partial charge in [0, 0.05) is 64.0 Å². The maximum atomic E-state index is 6.26. The molecule has 0 aliphatic carbocycles. The highest BCUT2D eigenvalue weighted by Gasteiger charge is 2.22. The SMILES string of the molecule is CN(C)c1ccc(NC(=S)N2CCN(c3c(Cl)cncc3Cl)CC2)cc1. The minimum atomic E-state index is 0.577. The molecule has 0 radical (unpaired) electrons. The minimum Gasteiger partial charge on any atom is -0.378 e. The third-order valence-corrected chi connectivity index (χ3v) is 5.26. The molecule has 0 atom stereocenters. The maximum absolute atomic E-state index is 6.26. The fourth-order valence-corrected chi connectivity index (χ4v) is 3.79. The van der Waals surface area contributed by atoms with E-state index in [1.165, 1.54) is 0 Å². The lowest BCUT2D eigenvalue weighted by Gasteiger charge is -2.38. The summed E-state index contributed by atoms with van der Waals surface area (Å²) in [5, 5.41) is 5.20. The lowest BCUT2D eigenvalue weighted by Crippen LogP contribution is -2.50. The molecular formula is C18H21Cl2N5S. The van der Waals surface area contributed by atoms with Crippen LogP contribution in [0.3, 0.4) is 0 Å². The van der Waals surface area contributed by atoms with Crippen LogP contribution in [0, 0.1) is 0 Å². The molecule has 0 saturated carbocycles. The number of rotatable bonds is 3. The molecule has 138 valence electrons. The number of pyridine rings is 1.